The summed E-state index contributed by atoms with van der Waals surface area (Å²) >= 11 is 3.07. The minimum atomic E-state index is -4.85. The van der Waals surface area contributed by atoms with Crippen molar-refractivity contribution in [3.8, 4) is 5.75 Å². The number of aromatic nitrogens is 2. The highest BCUT2D eigenvalue weighted by Gasteiger charge is 2.39. The molecule has 1 aromatic carbocycles. The van der Waals surface area contributed by atoms with E-state index >= 15 is 0 Å². The van der Waals surface area contributed by atoms with Crippen molar-refractivity contribution in [2.75, 3.05) is 0 Å². The Bertz CT molecular complexity index is 1050. The summed E-state index contributed by atoms with van der Waals surface area (Å²) in [6, 6.07) is 6.82. The second kappa shape index (κ2) is 5.80. The van der Waals surface area contributed by atoms with Gasteiger partial charge in [-0.15, -0.1) is 13.2 Å². The molecule has 0 radical (unpaired) electrons. The van der Waals surface area contributed by atoms with E-state index in [1.165, 1.54) is 28.8 Å². The predicted octanol–water partition coefficient (Wildman–Crippen LogP) is 4.85. The van der Waals surface area contributed by atoms with Gasteiger partial charge in [-0.25, -0.2) is 9.37 Å². The van der Waals surface area contributed by atoms with Crippen LogP contribution < -0.4 is 4.74 Å². The lowest BCUT2D eigenvalue weighted by Crippen LogP contribution is -2.19. The summed E-state index contributed by atoms with van der Waals surface area (Å²) in [6.45, 7) is 0. The van der Waals surface area contributed by atoms with Crippen LogP contribution in [0, 0.1) is 5.82 Å². The first kappa shape index (κ1) is 17.0. The number of imidazole rings is 1. The zero-order valence-corrected chi connectivity index (χ0v) is 14.4. The molecule has 134 valence electrons. The normalized spacial score (nSPS) is 17.0. The first-order valence-electron chi connectivity index (χ1n) is 7.49. The molecule has 1 aliphatic carbocycles. The molecule has 0 N–H and O–H groups in total. The molecule has 1 aliphatic rings. The molecule has 9 heteroatoms. The summed E-state index contributed by atoms with van der Waals surface area (Å²) < 4.78 is 57.7. The van der Waals surface area contributed by atoms with Crippen molar-refractivity contribution >= 4 is 27.4 Å². The van der Waals surface area contributed by atoms with Crippen LogP contribution in [-0.2, 0) is 0 Å². The van der Waals surface area contributed by atoms with E-state index in [0.717, 1.165) is 6.07 Å². The van der Waals surface area contributed by atoms with E-state index in [0.29, 0.717) is 5.69 Å². The van der Waals surface area contributed by atoms with Gasteiger partial charge in [-0.1, -0.05) is 18.2 Å². The van der Waals surface area contributed by atoms with Crippen molar-refractivity contribution in [1.82, 2.24) is 9.38 Å². The molecule has 3 aromatic rings. The van der Waals surface area contributed by atoms with Crippen molar-refractivity contribution in [2.45, 2.75) is 18.7 Å². The number of para-hydroxylation sites is 1. The van der Waals surface area contributed by atoms with Gasteiger partial charge in [0, 0.05) is 30.2 Å². The van der Waals surface area contributed by atoms with Crippen LogP contribution in [0.5, 0.6) is 5.75 Å². The maximum absolute atomic E-state index is 13.7. The maximum atomic E-state index is 13.7. The highest BCUT2D eigenvalue weighted by molar-refractivity contribution is 9.10. The zero-order valence-electron chi connectivity index (χ0n) is 12.8. The molecule has 1 atom stereocenters. The Hall–Kier alpha value is -2.42. The van der Waals surface area contributed by atoms with Crippen LogP contribution >= 0.6 is 15.9 Å². The summed E-state index contributed by atoms with van der Waals surface area (Å²) in [7, 11) is 0. The maximum Gasteiger partial charge on any atom is 0.573 e. The topological polar surface area (TPSA) is 43.6 Å². The SMILES string of the molecule is O=C1C[C@H](c2ccccc2OC(F)(F)F)c2c1nc1cc(F)c(Br)cn21. The third-order valence-corrected chi connectivity index (χ3v) is 4.79. The molecule has 0 amide bonds. The highest BCUT2D eigenvalue weighted by atomic mass is 79.9. The molecule has 26 heavy (non-hydrogen) atoms. The van der Waals surface area contributed by atoms with Gasteiger partial charge in [0.2, 0.25) is 0 Å². The van der Waals surface area contributed by atoms with E-state index in [1.807, 2.05) is 0 Å². The molecule has 0 unspecified atom stereocenters. The van der Waals surface area contributed by atoms with E-state index in [9.17, 15) is 22.4 Å². The van der Waals surface area contributed by atoms with E-state index in [-0.39, 0.29) is 39.3 Å². The fraction of sp³-hybridized carbons (Fsp3) is 0.176. The van der Waals surface area contributed by atoms with Gasteiger partial charge in [0.05, 0.1) is 10.2 Å². The van der Waals surface area contributed by atoms with Crippen LogP contribution in [0.2, 0.25) is 0 Å². The Morgan fingerprint density at radius 1 is 1.27 bits per heavy atom. The number of benzene rings is 1. The number of pyridine rings is 1. The Balaban J connectivity index is 1.90. The van der Waals surface area contributed by atoms with Crippen LogP contribution in [0.4, 0.5) is 17.6 Å². The number of carbonyl (C=O) groups excluding carboxylic acids is 1. The van der Waals surface area contributed by atoms with Gasteiger partial charge in [-0.3, -0.25) is 4.79 Å². The lowest BCUT2D eigenvalue weighted by molar-refractivity contribution is -0.274. The van der Waals surface area contributed by atoms with Crippen LogP contribution in [0.3, 0.4) is 0 Å². The first-order valence-corrected chi connectivity index (χ1v) is 8.29. The number of fused-ring (bicyclic) bond motifs is 3. The zero-order chi connectivity index (χ0) is 18.6. The second-order valence-electron chi connectivity index (χ2n) is 5.81. The number of alkyl halides is 3. The lowest BCUT2D eigenvalue weighted by atomic mass is 9.95. The molecule has 0 saturated carbocycles. The number of carbonyl (C=O) groups is 1. The molecule has 0 fully saturated rings. The fourth-order valence-electron chi connectivity index (χ4n) is 3.22. The highest BCUT2D eigenvalue weighted by Crippen LogP contribution is 2.43. The Labute approximate surface area is 152 Å². The van der Waals surface area contributed by atoms with Gasteiger partial charge in [0.25, 0.3) is 0 Å². The van der Waals surface area contributed by atoms with Crippen molar-refractivity contribution in [3.05, 3.63) is 63.8 Å². The van der Waals surface area contributed by atoms with Crippen molar-refractivity contribution in [2.24, 2.45) is 0 Å². The number of rotatable bonds is 2. The number of Topliss-reactive ketones (excluding diaryl/α,β-unsaturated/α-hetero) is 1. The molecule has 0 aliphatic heterocycles. The lowest BCUT2D eigenvalue weighted by Gasteiger charge is -2.17. The summed E-state index contributed by atoms with van der Waals surface area (Å²) in [4.78, 5) is 16.5. The molecule has 4 rings (SSSR count). The summed E-state index contributed by atoms with van der Waals surface area (Å²) in [6.07, 6.45) is -3.48. The number of ketones is 1. The summed E-state index contributed by atoms with van der Waals surface area (Å²) in [5.74, 6) is -1.91. The predicted molar refractivity (Wildman–Crippen MR) is 86.8 cm³/mol. The summed E-state index contributed by atoms with van der Waals surface area (Å²) in [5, 5.41) is 0. The summed E-state index contributed by atoms with van der Waals surface area (Å²) in [5.41, 5.74) is 0.986. The van der Waals surface area contributed by atoms with Crippen LogP contribution in [0.1, 0.15) is 34.1 Å². The largest absolute Gasteiger partial charge is 0.573 e. The number of hydrogen-bond donors (Lipinski definition) is 0. The molecule has 0 bridgehead atoms. The fourth-order valence-corrected chi connectivity index (χ4v) is 3.54. The van der Waals surface area contributed by atoms with Gasteiger partial charge >= 0.3 is 6.36 Å². The average molecular weight is 429 g/mol. The monoisotopic (exact) mass is 428 g/mol. The molecular weight excluding hydrogens is 420 g/mol. The molecule has 2 heterocycles. The van der Waals surface area contributed by atoms with Crippen molar-refractivity contribution in [1.29, 1.82) is 0 Å². The van der Waals surface area contributed by atoms with Crippen molar-refractivity contribution < 1.29 is 27.1 Å². The van der Waals surface area contributed by atoms with Crippen molar-refractivity contribution in [3.63, 3.8) is 0 Å². The molecule has 0 saturated heterocycles. The van der Waals surface area contributed by atoms with Gasteiger partial charge in [0.1, 0.15) is 22.9 Å². The second-order valence-corrected chi connectivity index (χ2v) is 6.66. The molecular formula is C17H9BrF4N2O2. The number of nitrogens with zero attached hydrogens (tertiary/aromatic N) is 2. The molecule has 4 nitrogen and oxygen atoms in total. The standard InChI is InChI=1S/C17H9BrF4N2O2/c18-10-7-24-14(6-11(10)19)23-15-12(25)5-9(16(15)24)8-3-1-2-4-13(8)26-17(20,21)22/h1-4,6-7,9H,5H2/t9-/m1/s1. The third kappa shape index (κ3) is 2.76. The minimum absolute atomic E-state index is 0.0339. The van der Waals surface area contributed by atoms with E-state index in [1.54, 1.807) is 6.07 Å². The molecule has 2 aromatic heterocycles. The van der Waals surface area contributed by atoms with Crippen LogP contribution in [0.25, 0.3) is 5.65 Å². The quantitative estimate of drug-likeness (QED) is 0.547. The minimum Gasteiger partial charge on any atom is -0.405 e. The third-order valence-electron chi connectivity index (χ3n) is 4.21. The smallest absolute Gasteiger partial charge is 0.405 e. The number of ether oxygens (including phenoxy) is 1. The molecule has 0 spiro atoms. The Morgan fingerprint density at radius 2 is 2.00 bits per heavy atom. The first-order chi connectivity index (χ1) is 12.2. The van der Waals surface area contributed by atoms with E-state index in [2.05, 4.69) is 25.7 Å². The van der Waals surface area contributed by atoms with Crippen LogP contribution in [-0.4, -0.2) is 21.5 Å². The average Bonchev–Trinajstić information content (AvgIpc) is 3.05. The Kier molecular flexibility index (Phi) is 3.80. The number of halogens is 5. The Morgan fingerprint density at radius 3 is 2.73 bits per heavy atom. The van der Waals surface area contributed by atoms with E-state index in [4.69, 9.17) is 0 Å². The van der Waals surface area contributed by atoms with Crippen LogP contribution in [0.15, 0.2) is 41.0 Å². The van der Waals surface area contributed by atoms with Gasteiger partial charge in [0.15, 0.2) is 5.78 Å². The van der Waals surface area contributed by atoms with Gasteiger partial charge in [-0.05, 0) is 22.0 Å². The van der Waals surface area contributed by atoms with E-state index < -0.39 is 18.1 Å². The van der Waals surface area contributed by atoms with Gasteiger partial charge < -0.3 is 9.14 Å². The van der Waals surface area contributed by atoms with Gasteiger partial charge in [-0.2, -0.15) is 0 Å². The number of hydrogen-bond acceptors (Lipinski definition) is 3.